The Bertz CT molecular complexity index is 567. The maximum atomic E-state index is 13.2. The molecule has 0 aliphatic heterocycles. The van der Waals surface area contributed by atoms with E-state index in [0.29, 0.717) is 11.6 Å². The highest BCUT2D eigenvalue weighted by atomic mass is 35.5. The number of halogens is 3. The van der Waals surface area contributed by atoms with Gasteiger partial charge in [0, 0.05) is 17.2 Å². The van der Waals surface area contributed by atoms with Gasteiger partial charge < -0.3 is 0 Å². The second-order valence-electron chi connectivity index (χ2n) is 3.44. The molecule has 17 heavy (non-hydrogen) atoms. The highest BCUT2D eigenvalue weighted by Gasteiger charge is 2.17. The van der Waals surface area contributed by atoms with Gasteiger partial charge in [0.2, 0.25) is 0 Å². The van der Waals surface area contributed by atoms with Crippen LogP contribution in [0.4, 0.5) is 8.78 Å². The van der Waals surface area contributed by atoms with E-state index >= 15 is 0 Å². The van der Waals surface area contributed by atoms with Crippen LogP contribution < -0.4 is 0 Å². The lowest BCUT2D eigenvalue weighted by Gasteiger charge is -2.04. The minimum absolute atomic E-state index is 0.171. The van der Waals surface area contributed by atoms with Crippen LogP contribution in [0.5, 0.6) is 0 Å². The van der Waals surface area contributed by atoms with Crippen LogP contribution >= 0.6 is 11.6 Å². The van der Waals surface area contributed by atoms with E-state index in [1.165, 1.54) is 0 Å². The molecule has 0 fully saturated rings. The van der Waals surface area contributed by atoms with Crippen molar-refractivity contribution in [1.82, 2.24) is 0 Å². The average molecular weight is 253 g/mol. The lowest BCUT2D eigenvalue weighted by atomic mass is 10.0. The Morgan fingerprint density at radius 1 is 1.06 bits per heavy atom. The second kappa shape index (κ2) is 4.63. The summed E-state index contributed by atoms with van der Waals surface area (Å²) in [5, 5.41) is -0.361. The van der Waals surface area contributed by atoms with Crippen molar-refractivity contribution in [3.63, 3.8) is 0 Å². The molecule has 0 unspecified atom stereocenters. The molecule has 4 heteroatoms. The quantitative estimate of drug-likeness (QED) is 0.586. The third kappa shape index (κ3) is 2.34. The van der Waals surface area contributed by atoms with E-state index in [-0.39, 0.29) is 10.6 Å². The Labute approximate surface area is 102 Å². The molecule has 0 aliphatic carbocycles. The molecule has 2 rings (SSSR count). The summed E-state index contributed by atoms with van der Waals surface area (Å²) >= 11 is 5.65. The first-order valence-electron chi connectivity index (χ1n) is 4.84. The van der Waals surface area contributed by atoms with Crippen LogP contribution in [-0.4, -0.2) is 5.78 Å². The normalized spacial score (nSPS) is 10.3. The molecule has 2 aromatic carbocycles. The molecule has 0 aliphatic rings. The number of hydrogen-bond acceptors (Lipinski definition) is 1. The molecule has 0 atom stereocenters. The van der Waals surface area contributed by atoms with Crippen LogP contribution in [-0.2, 0) is 0 Å². The molecule has 0 saturated carbocycles. The topological polar surface area (TPSA) is 17.1 Å². The smallest absolute Gasteiger partial charge is 0.194 e. The maximum Gasteiger partial charge on any atom is 0.194 e. The molecule has 0 heterocycles. The van der Waals surface area contributed by atoms with E-state index < -0.39 is 17.4 Å². The van der Waals surface area contributed by atoms with Gasteiger partial charge in [-0.2, -0.15) is 0 Å². The van der Waals surface area contributed by atoms with Gasteiger partial charge in [-0.05, 0) is 6.07 Å². The zero-order valence-electron chi connectivity index (χ0n) is 8.58. The fraction of sp³-hybridized carbons (Fsp3) is 0. The lowest BCUT2D eigenvalue weighted by molar-refractivity contribution is 0.103. The third-order valence-electron chi connectivity index (χ3n) is 2.27. The molecule has 0 bridgehead atoms. The molecule has 0 aromatic heterocycles. The number of hydrogen-bond donors (Lipinski definition) is 0. The van der Waals surface area contributed by atoms with E-state index in [9.17, 15) is 13.6 Å². The zero-order valence-corrected chi connectivity index (χ0v) is 9.34. The van der Waals surface area contributed by atoms with Crippen LogP contribution in [0.3, 0.4) is 0 Å². The SMILES string of the molecule is O=C(c1ccccc1)c1cc(F)cc(F)c1Cl. The monoisotopic (exact) mass is 252 g/mol. The van der Waals surface area contributed by atoms with Gasteiger partial charge in [-0.3, -0.25) is 4.79 Å². The van der Waals surface area contributed by atoms with Crippen LogP contribution in [0.1, 0.15) is 15.9 Å². The average Bonchev–Trinajstić information content (AvgIpc) is 2.34. The molecule has 86 valence electrons. The molecule has 0 N–H and O–H groups in total. The molecule has 2 aromatic rings. The van der Waals surface area contributed by atoms with Gasteiger partial charge in [0.1, 0.15) is 11.6 Å². The van der Waals surface area contributed by atoms with Gasteiger partial charge in [-0.25, -0.2) is 8.78 Å². The van der Waals surface area contributed by atoms with Crippen LogP contribution in [0, 0.1) is 11.6 Å². The minimum Gasteiger partial charge on any atom is -0.289 e. The maximum absolute atomic E-state index is 13.2. The Morgan fingerprint density at radius 2 is 1.71 bits per heavy atom. The van der Waals surface area contributed by atoms with Crippen molar-refractivity contribution in [2.24, 2.45) is 0 Å². The largest absolute Gasteiger partial charge is 0.289 e. The molecule has 1 nitrogen and oxygen atoms in total. The number of ketones is 1. The van der Waals surface area contributed by atoms with Crippen molar-refractivity contribution in [2.45, 2.75) is 0 Å². The zero-order chi connectivity index (χ0) is 12.4. The lowest BCUT2D eigenvalue weighted by Crippen LogP contribution is -2.04. The van der Waals surface area contributed by atoms with E-state index in [0.717, 1.165) is 6.07 Å². The number of carbonyl (C=O) groups is 1. The van der Waals surface area contributed by atoms with Crippen molar-refractivity contribution in [3.05, 3.63) is 70.2 Å². The number of benzene rings is 2. The minimum atomic E-state index is -0.939. The molecular weight excluding hydrogens is 246 g/mol. The summed E-state index contributed by atoms with van der Waals surface area (Å²) in [6.07, 6.45) is 0. The summed E-state index contributed by atoms with van der Waals surface area (Å²) in [6.45, 7) is 0. The van der Waals surface area contributed by atoms with Crippen LogP contribution in [0.25, 0.3) is 0 Å². The van der Waals surface area contributed by atoms with Gasteiger partial charge in [0.15, 0.2) is 5.78 Å². The first-order chi connectivity index (χ1) is 8.09. The molecule has 0 saturated heterocycles. The van der Waals surface area contributed by atoms with Crippen LogP contribution in [0.2, 0.25) is 5.02 Å². The summed E-state index contributed by atoms with van der Waals surface area (Å²) in [6, 6.07) is 9.76. The predicted molar refractivity (Wildman–Crippen MR) is 61.2 cm³/mol. The Balaban J connectivity index is 2.52. The standard InChI is InChI=1S/C13H7ClF2O/c14-12-10(6-9(15)7-11(12)16)13(17)8-4-2-1-3-5-8/h1-7H. The van der Waals surface area contributed by atoms with Gasteiger partial charge in [0.25, 0.3) is 0 Å². The first kappa shape index (κ1) is 11.7. The van der Waals surface area contributed by atoms with Crippen molar-refractivity contribution in [1.29, 1.82) is 0 Å². The molecule has 0 spiro atoms. The van der Waals surface area contributed by atoms with Gasteiger partial charge in [0.05, 0.1) is 5.02 Å². The number of rotatable bonds is 2. The van der Waals surface area contributed by atoms with Crippen LogP contribution in [0.15, 0.2) is 42.5 Å². The Morgan fingerprint density at radius 3 is 2.35 bits per heavy atom. The fourth-order valence-corrected chi connectivity index (χ4v) is 1.66. The van der Waals surface area contributed by atoms with E-state index in [4.69, 9.17) is 11.6 Å². The predicted octanol–water partition coefficient (Wildman–Crippen LogP) is 3.85. The van der Waals surface area contributed by atoms with E-state index in [2.05, 4.69) is 0 Å². The highest BCUT2D eigenvalue weighted by molar-refractivity contribution is 6.35. The Hall–Kier alpha value is -1.74. The summed E-state index contributed by atoms with van der Waals surface area (Å²) in [4.78, 5) is 12.0. The van der Waals surface area contributed by atoms with Gasteiger partial charge in [-0.1, -0.05) is 41.9 Å². The van der Waals surface area contributed by atoms with Gasteiger partial charge >= 0.3 is 0 Å². The summed E-state index contributed by atoms with van der Waals surface area (Å²) < 4.78 is 26.2. The van der Waals surface area contributed by atoms with Crippen molar-refractivity contribution in [3.8, 4) is 0 Å². The van der Waals surface area contributed by atoms with E-state index in [1.807, 2.05) is 0 Å². The fourth-order valence-electron chi connectivity index (χ4n) is 1.47. The highest BCUT2D eigenvalue weighted by Crippen LogP contribution is 2.24. The summed E-state index contributed by atoms with van der Waals surface area (Å²) in [5.74, 6) is -2.27. The first-order valence-corrected chi connectivity index (χ1v) is 5.21. The summed E-state index contributed by atoms with van der Waals surface area (Å²) in [5.41, 5.74) is 0.162. The van der Waals surface area contributed by atoms with E-state index in [1.54, 1.807) is 30.3 Å². The van der Waals surface area contributed by atoms with Crippen molar-refractivity contribution >= 4 is 17.4 Å². The Kier molecular flexibility index (Phi) is 3.20. The summed E-state index contributed by atoms with van der Waals surface area (Å²) in [7, 11) is 0. The number of carbonyl (C=O) groups excluding carboxylic acids is 1. The van der Waals surface area contributed by atoms with Crippen molar-refractivity contribution in [2.75, 3.05) is 0 Å². The molecule has 0 radical (unpaired) electrons. The van der Waals surface area contributed by atoms with Gasteiger partial charge in [-0.15, -0.1) is 0 Å². The molecule has 0 amide bonds. The second-order valence-corrected chi connectivity index (χ2v) is 3.82. The van der Waals surface area contributed by atoms with Crippen molar-refractivity contribution < 1.29 is 13.6 Å². The molecular formula is C13H7ClF2O. The third-order valence-corrected chi connectivity index (χ3v) is 2.66.